The van der Waals surface area contributed by atoms with Crippen molar-refractivity contribution in [2.45, 2.75) is 65.7 Å². The molecule has 0 aromatic rings. The van der Waals surface area contributed by atoms with Gasteiger partial charge in [-0.25, -0.2) is 0 Å². The molecule has 0 radical (unpaired) electrons. The molecule has 0 aliphatic carbocycles. The molecule has 0 aliphatic heterocycles. The number of hydrogen-bond donors (Lipinski definition) is 0. The van der Waals surface area contributed by atoms with Gasteiger partial charge in [-0.3, -0.25) is 0 Å². The molecule has 0 atom stereocenters. The summed E-state index contributed by atoms with van der Waals surface area (Å²) in [7, 11) is 0. The van der Waals surface area contributed by atoms with E-state index >= 15 is 0 Å². The van der Waals surface area contributed by atoms with E-state index in [0.29, 0.717) is 0 Å². The van der Waals surface area contributed by atoms with Crippen molar-refractivity contribution in [1.82, 2.24) is 0 Å². The fraction of sp³-hybridized carbons (Fsp3) is 1.00. The van der Waals surface area contributed by atoms with Crippen LogP contribution in [0.25, 0.3) is 0 Å². The molecule has 0 spiro atoms. The quantitative estimate of drug-likeness (QED) is 0.446. The van der Waals surface area contributed by atoms with Crippen LogP contribution in [0.1, 0.15) is 65.7 Å². The van der Waals surface area contributed by atoms with Gasteiger partial charge in [-0.2, -0.15) is 0 Å². The maximum atomic E-state index is 5.52. The summed E-state index contributed by atoms with van der Waals surface area (Å²) in [6.07, 6.45) is 8.97. The minimum Gasteiger partial charge on any atom is -0.379 e. The van der Waals surface area contributed by atoms with Crippen molar-refractivity contribution < 1.29 is 9.47 Å². The number of ether oxygens (including phenoxy) is 2. The van der Waals surface area contributed by atoms with Crippen molar-refractivity contribution in [3.05, 3.63) is 0 Å². The Morgan fingerprint density at radius 3 is 1.88 bits per heavy atom. The Bertz CT molecular complexity index is 135. The summed E-state index contributed by atoms with van der Waals surface area (Å²) < 4.78 is 11.0. The Morgan fingerprint density at radius 1 is 0.706 bits per heavy atom. The zero-order valence-corrected chi connectivity index (χ0v) is 12.2. The second-order valence-electron chi connectivity index (χ2n) is 5.18. The SMILES string of the molecule is CCCCCCCOCCOCCCC(C)C. The second-order valence-corrected chi connectivity index (χ2v) is 5.18. The molecule has 17 heavy (non-hydrogen) atoms. The summed E-state index contributed by atoms with van der Waals surface area (Å²) in [6.45, 7) is 10.1. The van der Waals surface area contributed by atoms with Gasteiger partial charge in [0.15, 0.2) is 0 Å². The molecular formula is C15H32O2. The van der Waals surface area contributed by atoms with Crippen LogP contribution in [0.4, 0.5) is 0 Å². The molecule has 0 bridgehead atoms. The van der Waals surface area contributed by atoms with Crippen LogP contribution in [0, 0.1) is 5.92 Å². The standard InChI is InChI=1S/C15H32O2/c1-4-5-6-7-8-11-16-13-14-17-12-9-10-15(2)3/h15H,4-14H2,1-3H3. The van der Waals surface area contributed by atoms with Crippen LogP contribution in [-0.2, 0) is 9.47 Å². The number of rotatable bonds is 13. The van der Waals surface area contributed by atoms with Gasteiger partial charge < -0.3 is 9.47 Å². The summed E-state index contributed by atoms with van der Waals surface area (Å²) in [5.41, 5.74) is 0. The van der Waals surface area contributed by atoms with E-state index in [0.717, 1.165) is 32.3 Å². The summed E-state index contributed by atoms with van der Waals surface area (Å²) in [5.74, 6) is 0.790. The van der Waals surface area contributed by atoms with Gasteiger partial charge >= 0.3 is 0 Å². The molecule has 0 heterocycles. The predicted octanol–water partition coefficient (Wildman–Crippen LogP) is 4.43. The van der Waals surface area contributed by atoms with Crippen molar-refractivity contribution in [1.29, 1.82) is 0 Å². The topological polar surface area (TPSA) is 18.5 Å². The highest BCUT2D eigenvalue weighted by Crippen LogP contribution is 2.03. The van der Waals surface area contributed by atoms with Gasteiger partial charge in [0, 0.05) is 13.2 Å². The molecular weight excluding hydrogens is 212 g/mol. The first-order chi connectivity index (χ1) is 8.27. The fourth-order valence-electron chi connectivity index (χ4n) is 1.72. The van der Waals surface area contributed by atoms with Gasteiger partial charge in [-0.05, 0) is 25.2 Å². The molecule has 0 fully saturated rings. The van der Waals surface area contributed by atoms with Gasteiger partial charge in [-0.1, -0.05) is 46.5 Å². The normalized spacial score (nSPS) is 11.3. The predicted molar refractivity (Wildman–Crippen MR) is 74.5 cm³/mol. The Morgan fingerprint density at radius 2 is 1.29 bits per heavy atom. The van der Waals surface area contributed by atoms with Crippen LogP contribution in [0.3, 0.4) is 0 Å². The lowest BCUT2D eigenvalue weighted by Crippen LogP contribution is -2.06. The molecule has 104 valence electrons. The fourth-order valence-corrected chi connectivity index (χ4v) is 1.72. The van der Waals surface area contributed by atoms with Crippen molar-refractivity contribution in [3.8, 4) is 0 Å². The molecule has 0 N–H and O–H groups in total. The lowest BCUT2D eigenvalue weighted by atomic mass is 10.1. The van der Waals surface area contributed by atoms with E-state index in [4.69, 9.17) is 9.47 Å². The largest absolute Gasteiger partial charge is 0.379 e. The molecule has 0 saturated carbocycles. The molecule has 0 aliphatic rings. The van der Waals surface area contributed by atoms with E-state index in [1.807, 2.05) is 0 Å². The van der Waals surface area contributed by atoms with E-state index in [-0.39, 0.29) is 0 Å². The summed E-state index contributed by atoms with van der Waals surface area (Å²) in [5, 5.41) is 0. The highest BCUT2D eigenvalue weighted by atomic mass is 16.5. The van der Waals surface area contributed by atoms with E-state index in [1.54, 1.807) is 0 Å². The van der Waals surface area contributed by atoms with Crippen molar-refractivity contribution in [3.63, 3.8) is 0 Å². The van der Waals surface area contributed by atoms with Crippen LogP contribution in [0.15, 0.2) is 0 Å². The number of unbranched alkanes of at least 4 members (excludes halogenated alkanes) is 4. The van der Waals surface area contributed by atoms with Gasteiger partial charge in [0.2, 0.25) is 0 Å². The van der Waals surface area contributed by atoms with Crippen LogP contribution in [-0.4, -0.2) is 26.4 Å². The third-order valence-corrected chi connectivity index (χ3v) is 2.83. The van der Waals surface area contributed by atoms with E-state index in [9.17, 15) is 0 Å². The minimum atomic E-state index is 0.757. The van der Waals surface area contributed by atoms with E-state index < -0.39 is 0 Å². The molecule has 0 amide bonds. The van der Waals surface area contributed by atoms with Gasteiger partial charge in [0.25, 0.3) is 0 Å². The first-order valence-corrected chi connectivity index (χ1v) is 7.42. The molecule has 0 saturated heterocycles. The Labute approximate surface area is 108 Å². The molecule has 0 aromatic carbocycles. The third-order valence-electron chi connectivity index (χ3n) is 2.83. The highest BCUT2D eigenvalue weighted by molar-refractivity contribution is 4.45. The average molecular weight is 244 g/mol. The summed E-state index contributed by atoms with van der Waals surface area (Å²) in [6, 6.07) is 0. The maximum Gasteiger partial charge on any atom is 0.0700 e. The zero-order chi connectivity index (χ0) is 12.8. The van der Waals surface area contributed by atoms with Gasteiger partial charge in [0.05, 0.1) is 13.2 Å². The molecule has 0 aromatic heterocycles. The molecule has 0 unspecified atom stereocenters. The molecule has 0 rings (SSSR count). The Hall–Kier alpha value is -0.0800. The lowest BCUT2D eigenvalue weighted by Gasteiger charge is -2.07. The molecule has 2 heteroatoms. The van der Waals surface area contributed by atoms with E-state index in [2.05, 4.69) is 20.8 Å². The summed E-state index contributed by atoms with van der Waals surface area (Å²) in [4.78, 5) is 0. The Kier molecular flexibility index (Phi) is 13.9. The zero-order valence-electron chi connectivity index (χ0n) is 12.2. The van der Waals surface area contributed by atoms with Crippen molar-refractivity contribution in [2.75, 3.05) is 26.4 Å². The first-order valence-electron chi connectivity index (χ1n) is 7.42. The second kappa shape index (κ2) is 14.0. The highest BCUT2D eigenvalue weighted by Gasteiger charge is 1.94. The van der Waals surface area contributed by atoms with Crippen LogP contribution >= 0.6 is 0 Å². The summed E-state index contributed by atoms with van der Waals surface area (Å²) >= 11 is 0. The van der Waals surface area contributed by atoms with E-state index in [1.165, 1.54) is 44.9 Å². The number of hydrogen-bond acceptors (Lipinski definition) is 2. The van der Waals surface area contributed by atoms with Crippen molar-refractivity contribution in [2.24, 2.45) is 5.92 Å². The van der Waals surface area contributed by atoms with Crippen LogP contribution < -0.4 is 0 Å². The monoisotopic (exact) mass is 244 g/mol. The first kappa shape index (κ1) is 16.9. The smallest absolute Gasteiger partial charge is 0.0700 e. The van der Waals surface area contributed by atoms with Gasteiger partial charge in [0.1, 0.15) is 0 Å². The minimum absolute atomic E-state index is 0.757. The lowest BCUT2D eigenvalue weighted by molar-refractivity contribution is 0.0442. The van der Waals surface area contributed by atoms with Crippen LogP contribution in [0.5, 0.6) is 0 Å². The van der Waals surface area contributed by atoms with Gasteiger partial charge in [-0.15, -0.1) is 0 Å². The van der Waals surface area contributed by atoms with Crippen LogP contribution in [0.2, 0.25) is 0 Å². The van der Waals surface area contributed by atoms with Crippen molar-refractivity contribution >= 4 is 0 Å². The molecule has 2 nitrogen and oxygen atoms in total. The average Bonchev–Trinajstić information content (AvgIpc) is 2.30. The maximum absolute atomic E-state index is 5.52. The third kappa shape index (κ3) is 15.9. The Balaban J connectivity index is 2.89.